The van der Waals surface area contributed by atoms with Gasteiger partial charge in [-0.15, -0.1) is 0 Å². The van der Waals surface area contributed by atoms with Crippen LogP contribution in [0.2, 0.25) is 19.6 Å². The summed E-state index contributed by atoms with van der Waals surface area (Å²) in [5.74, 6) is 1.32. The normalized spacial score (nSPS) is 10.0. The molecule has 0 unspecified atom stereocenters. The molecular weight excluding hydrogens is 408 g/mol. The summed E-state index contributed by atoms with van der Waals surface area (Å²) < 4.78 is 0. The van der Waals surface area contributed by atoms with E-state index in [1.54, 1.807) is 5.19 Å². The summed E-state index contributed by atoms with van der Waals surface area (Å²) in [7, 11) is -0.981. The molecule has 0 bridgehead atoms. The Labute approximate surface area is 177 Å². The van der Waals surface area contributed by atoms with Crippen molar-refractivity contribution in [3.05, 3.63) is 24.3 Å². The zero-order valence-corrected chi connectivity index (χ0v) is 21.5. The van der Waals surface area contributed by atoms with E-state index in [4.69, 9.17) is 15.3 Å². The zero-order chi connectivity index (χ0) is 19.8. The molecule has 1 aromatic carbocycles. The van der Waals surface area contributed by atoms with Crippen LogP contribution in [0.5, 0.6) is 0 Å². The van der Waals surface area contributed by atoms with E-state index < -0.39 is 8.07 Å². The average molecular weight is 451 g/mol. The smallest absolute Gasteiger partial charge is 0.0453 e. The molecule has 3 N–H and O–H groups in total. The fourth-order valence-corrected chi connectivity index (χ4v) is 2.07. The van der Waals surface area contributed by atoms with E-state index in [2.05, 4.69) is 43.9 Å². The van der Waals surface area contributed by atoms with E-state index >= 15 is 0 Å². The quantitative estimate of drug-likeness (QED) is 0.482. The van der Waals surface area contributed by atoms with E-state index in [1.807, 2.05) is 41.5 Å². The zero-order valence-electron chi connectivity index (χ0n) is 18.0. The summed E-state index contributed by atoms with van der Waals surface area (Å²) in [5, 5.41) is 26.0. The Hall–Kier alpha value is 0.330. The molecular formula is C20H43O3SiZr-. The fourth-order valence-electron chi connectivity index (χ4n) is 0.874. The Kier molecular flexibility index (Phi) is 27.2. The molecule has 0 spiro atoms. The Morgan fingerprint density at radius 1 is 0.680 bits per heavy atom. The van der Waals surface area contributed by atoms with Gasteiger partial charge in [0.25, 0.3) is 0 Å². The monoisotopic (exact) mass is 449 g/mol. The minimum Gasteiger partial charge on any atom is -0.396 e. The van der Waals surface area contributed by atoms with Crippen LogP contribution in [0.4, 0.5) is 0 Å². The van der Waals surface area contributed by atoms with Gasteiger partial charge in [-0.3, -0.25) is 0 Å². The van der Waals surface area contributed by atoms with Crippen LogP contribution >= 0.6 is 0 Å². The number of aliphatic hydroxyl groups is 3. The second kappa shape index (κ2) is 20.6. The molecule has 0 saturated heterocycles. The topological polar surface area (TPSA) is 60.7 Å². The molecule has 5 heteroatoms. The number of aliphatic hydroxyl groups excluding tert-OH is 3. The van der Waals surface area contributed by atoms with E-state index in [0.29, 0.717) is 37.6 Å². The van der Waals surface area contributed by atoms with Crippen molar-refractivity contribution in [2.75, 3.05) is 19.8 Å². The standard InChI is InChI=1S/C8H13Si.3C4H10O.Zr/c1-9(2,3)8-6-4-5-7-8;3*1-4(2)3-5;/h4-7H,1-3H3;3*4-5H,3H2,1-2H3;/q-1;;;;. The first-order chi connectivity index (χ1) is 10.9. The molecule has 0 radical (unpaired) electrons. The first-order valence-corrected chi connectivity index (χ1v) is 12.5. The third kappa shape index (κ3) is 32.5. The maximum Gasteiger partial charge on any atom is 0.0453 e. The molecule has 150 valence electrons. The minimum absolute atomic E-state index is 0. The minimum atomic E-state index is -0.981. The van der Waals surface area contributed by atoms with E-state index in [9.17, 15) is 0 Å². The van der Waals surface area contributed by atoms with E-state index in [0.717, 1.165) is 0 Å². The molecule has 0 aliphatic carbocycles. The Morgan fingerprint density at radius 3 is 0.960 bits per heavy atom. The van der Waals surface area contributed by atoms with Gasteiger partial charge in [0.2, 0.25) is 0 Å². The van der Waals surface area contributed by atoms with Gasteiger partial charge in [0.05, 0.1) is 0 Å². The van der Waals surface area contributed by atoms with Gasteiger partial charge in [-0.25, -0.2) is 12.1 Å². The van der Waals surface area contributed by atoms with Crippen molar-refractivity contribution in [1.82, 2.24) is 0 Å². The van der Waals surface area contributed by atoms with Crippen LogP contribution in [-0.2, 0) is 26.2 Å². The van der Waals surface area contributed by atoms with Crippen LogP contribution < -0.4 is 5.19 Å². The van der Waals surface area contributed by atoms with Gasteiger partial charge in [0, 0.05) is 54.1 Å². The molecule has 1 aromatic rings. The van der Waals surface area contributed by atoms with Crippen LogP contribution in [0.3, 0.4) is 0 Å². The summed E-state index contributed by atoms with van der Waals surface area (Å²) in [5.41, 5.74) is 0. The second-order valence-electron chi connectivity index (χ2n) is 8.15. The molecule has 1 rings (SSSR count). The molecule has 0 saturated carbocycles. The van der Waals surface area contributed by atoms with Crippen LogP contribution in [0, 0.1) is 17.8 Å². The summed E-state index contributed by atoms with van der Waals surface area (Å²) in [4.78, 5) is 0. The summed E-state index contributed by atoms with van der Waals surface area (Å²) in [6, 6.07) is 8.69. The van der Waals surface area contributed by atoms with Gasteiger partial charge in [-0.1, -0.05) is 61.2 Å². The van der Waals surface area contributed by atoms with E-state index in [-0.39, 0.29) is 26.2 Å². The third-order valence-electron chi connectivity index (χ3n) is 2.62. The number of hydrogen-bond acceptors (Lipinski definition) is 3. The Balaban J connectivity index is -0.000000122. The SMILES string of the molecule is CC(C)CO.CC(C)CO.CC(C)CO.C[Si](C)(C)[c-]1cccc1.[Zr]. The maximum atomic E-state index is 8.14. The number of hydrogen-bond donors (Lipinski definition) is 3. The number of rotatable bonds is 4. The van der Waals surface area contributed by atoms with Gasteiger partial charge in [0.1, 0.15) is 0 Å². The molecule has 3 nitrogen and oxygen atoms in total. The van der Waals surface area contributed by atoms with Gasteiger partial charge in [0.15, 0.2) is 0 Å². The molecule has 0 amide bonds. The predicted molar refractivity (Wildman–Crippen MR) is 111 cm³/mol. The molecule has 0 fully saturated rings. The molecule has 0 aliphatic heterocycles. The fraction of sp³-hybridized carbons (Fsp3) is 0.750. The van der Waals surface area contributed by atoms with Crippen molar-refractivity contribution in [2.24, 2.45) is 17.8 Å². The van der Waals surface area contributed by atoms with Gasteiger partial charge in [-0.05, 0) is 17.8 Å². The first-order valence-electron chi connectivity index (χ1n) is 8.96. The summed E-state index contributed by atoms with van der Waals surface area (Å²) in [6.07, 6.45) is 0. The first kappa shape index (κ1) is 33.0. The second-order valence-corrected chi connectivity index (χ2v) is 13.2. The molecule has 0 atom stereocenters. The van der Waals surface area contributed by atoms with Crippen LogP contribution in [0.25, 0.3) is 0 Å². The van der Waals surface area contributed by atoms with Crippen molar-refractivity contribution in [2.45, 2.75) is 61.2 Å². The van der Waals surface area contributed by atoms with Gasteiger partial charge in [-0.2, -0.15) is 17.3 Å². The van der Waals surface area contributed by atoms with E-state index in [1.165, 1.54) is 0 Å². The Bertz CT molecular complexity index is 312. The van der Waals surface area contributed by atoms with Crippen molar-refractivity contribution < 1.29 is 41.5 Å². The predicted octanol–water partition coefficient (Wildman–Crippen LogP) is 3.85. The third-order valence-corrected chi connectivity index (χ3v) is 4.69. The van der Waals surface area contributed by atoms with Crippen molar-refractivity contribution >= 4 is 13.3 Å². The Morgan fingerprint density at radius 2 is 0.880 bits per heavy atom. The average Bonchev–Trinajstić information content (AvgIpc) is 3.03. The van der Waals surface area contributed by atoms with Crippen molar-refractivity contribution in [1.29, 1.82) is 0 Å². The molecule has 0 heterocycles. The summed E-state index contributed by atoms with van der Waals surface area (Å²) >= 11 is 0. The van der Waals surface area contributed by atoms with Crippen LogP contribution in [0.15, 0.2) is 24.3 Å². The van der Waals surface area contributed by atoms with Crippen molar-refractivity contribution in [3.63, 3.8) is 0 Å². The summed E-state index contributed by atoms with van der Waals surface area (Å²) in [6.45, 7) is 19.8. The molecule has 0 aromatic heterocycles. The van der Waals surface area contributed by atoms with Gasteiger partial charge < -0.3 is 15.3 Å². The van der Waals surface area contributed by atoms with Crippen LogP contribution in [-0.4, -0.2) is 43.2 Å². The van der Waals surface area contributed by atoms with Crippen molar-refractivity contribution in [3.8, 4) is 0 Å². The molecule has 0 aliphatic rings. The largest absolute Gasteiger partial charge is 0.396 e. The van der Waals surface area contributed by atoms with Crippen LogP contribution in [0.1, 0.15) is 41.5 Å². The maximum absolute atomic E-state index is 8.14. The molecule has 25 heavy (non-hydrogen) atoms. The van der Waals surface area contributed by atoms with Gasteiger partial charge >= 0.3 is 0 Å².